The summed E-state index contributed by atoms with van der Waals surface area (Å²) < 4.78 is 0. The Hall–Kier alpha value is -0.810. The molecule has 0 bridgehead atoms. The van der Waals surface area contributed by atoms with Crippen LogP contribution in [0.15, 0.2) is 0 Å². The number of carbonyl (C=O) groups excluding carboxylic acids is 1. The molecule has 2 N–H and O–H groups in total. The Labute approximate surface area is 49.1 Å². The second kappa shape index (κ2) is 4.35. The summed E-state index contributed by atoms with van der Waals surface area (Å²) in [4.78, 5) is 10.4. The minimum absolute atomic E-state index is 0.0509. The van der Waals surface area contributed by atoms with Crippen LogP contribution in [-0.2, 0) is 4.79 Å². The van der Waals surface area contributed by atoms with E-state index in [9.17, 15) is 4.79 Å². The van der Waals surface area contributed by atoms with Gasteiger partial charge in [0.25, 0.3) is 0 Å². The molecule has 0 aliphatic carbocycles. The summed E-state index contributed by atoms with van der Waals surface area (Å²) in [7, 11) is 0. The molecule has 0 saturated heterocycles. The Bertz CT molecular complexity index is 112. The average Bonchev–Trinajstić information content (AvgIpc) is 1.68. The maximum absolute atomic E-state index is 10.4. The van der Waals surface area contributed by atoms with Crippen molar-refractivity contribution >= 4 is 5.78 Å². The predicted octanol–water partition coefficient (Wildman–Crippen LogP) is -0.0724. The van der Waals surface area contributed by atoms with Crippen molar-refractivity contribution in [2.24, 2.45) is 5.73 Å². The first-order chi connectivity index (χ1) is 3.81. The highest BCUT2D eigenvalue weighted by atomic mass is 16.1. The molecule has 44 valence electrons. The molecule has 0 heterocycles. The van der Waals surface area contributed by atoms with Crippen molar-refractivity contribution in [3.05, 3.63) is 0 Å². The molecule has 0 atom stereocenters. The van der Waals surface area contributed by atoms with Crippen LogP contribution in [0.25, 0.3) is 0 Å². The quantitative estimate of drug-likeness (QED) is 0.518. The number of hydrogen-bond donors (Lipinski definition) is 1. The fourth-order valence-electron chi connectivity index (χ4n) is 0.363. The number of nitrogens with two attached hydrogens (primary N) is 1. The van der Waals surface area contributed by atoms with Crippen molar-refractivity contribution < 1.29 is 4.79 Å². The average molecular weight is 111 g/mol. The Morgan fingerprint density at radius 2 is 2.38 bits per heavy atom. The Morgan fingerprint density at radius 1 is 1.75 bits per heavy atom. The molecule has 0 aromatic heterocycles. The van der Waals surface area contributed by atoms with E-state index in [2.05, 4.69) is 5.92 Å². The van der Waals surface area contributed by atoms with Gasteiger partial charge in [-0.2, -0.15) is 0 Å². The van der Waals surface area contributed by atoms with Crippen molar-refractivity contribution in [1.29, 1.82) is 0 Å². The fourth-order valence-corrected chi connectivity index (χ4v) is 0.363. The van der Waals surface area contributed by atoms with Crippen molar-refractivity contribution in [1.82, 2.24) is 0 Å². The normalized spacial score (nSPS) is 8.00. The van der Waals surface area contributed by atoms with Gasteiger partial charge in [0, 0.05) is 6.42 Å². The number of carbonyl (C=O) groups is 1. The molecule has 0 rings (SSSR count). The first-order valence-electron chi connectivity index (χ1n) is 2.46. The highest BCUT2D eigenvalue weighted by molar-refractivity contribution is 5.80. The molecule has 0 saturated carbocycles. The molecule has 0 unspecified atom stereocenters. The molecular formula is C6H9NO. The molecule has 0 amide bonds. The molecule has 0 aromatic carbocycles. The second-order valence-electron chi connectivity index (χ2n) is 1.46. The van der Waals surface area contributed by atoms with Crippen LogP contribution in [0.3, 0.4) is 0 Å². The summed E-state index contributed by atoms with van der Waals surface area (Å²) >= 11 is 0. The zero-order valence-corrected chi connectivity index (χ0v) is 4.68. The third-order valence-electron chi connectivity index (χ3n) is 0.722. The van der Waals surface area contributed by atoms with Crippen LogP contribution in [0.2, 0.25) is 0 Å². The molecular weight excluding hydrogens is 102 g/mol. The molecule has 0 fully saturated rings. The predicted molar refractivity (Wildman–Crippen MR) is 32.1 cm³/mol. The smallest absolute Gasteiger partial charge is 0.146 e. The van der Waals surface area contributed by atoms with E-state index in [1.807, 2.05) is 0 Å². The third kappa shape index (κ3) is 3.38. The summed E-state index contributed by atoms with van der Waals surface area (Å²) in [6, 6.07) is 0. The van der Waals surface area contributed by atoms with Crippen LogP contribution in [0.5, 0.6) is 0 Å². The van der Waals surface area contributed by atoms with Gasteiger partial charge in [0.15, 0.2) is 0 Å². The molecule has 0 radical (unpaired) electrons. The van der Waals surface area contributed by atoms with Gasteiger partial charge in [0.05, 0.1) is 6.42 Å². The second-order valence-corrected chi connectivity index (χ2v) is 1.46. The molecule has 0 spiro atoms. The van der Waals surface area contributed by atoms with Crippen LogP contribution in [0.1, 0.15) is 12.8 Å². The highest BCUT2D eigenvalue weighted by Gasteiger charge is 1.93. The van der Waals surface area contributed by atoms with Gasteiger partial charge >= 0.3 is 0 Å². The van der Waals surface area contributed by atoms with Crippen molar-refractivity contribution in [2.75, 3.05) is 6.54 Å². The Morgan fingerprint density at radius 3 is 2.75 bits per heavy atom. The van der Waals surface area contributed by atoms with E-state index in [4.69, 9.17) is 12.2 Å². The third-order valence-corrected chi connectivity index (χ3v) is 0.722. The first-order valence-corrected chi connectivity index (χ1v) is 2.46. The topological polar surface area (TPSA) is 43.1 Å². The van der Waals surface area contributed by atoms with E-state index in [-0.39, 0.29) is 12.2 Å². The van der Waals surface area contributed by atoms with Gasteiger partial charge in [0.2, 0.25) is 0 Å². The fraction of sp³-hybridized carbons (Fsp3) is 0.500. The van der Waals surface area contributed by atoms with E-state index >= 15 is 0 Å². The standard InChI is InChI=1S/C6H9NO/c1-2-3-6(8)4-5-7/h1H,3-5,7H2. The lowest BCUT2D eigenvalue weighted by Gasteiger charge is -1.87. The van der Waals surface area contributed by atoms with Crippen LogP contribution in [-0.4, -0.2) is 12.3 Å². The van der Waals surface area contributed by atoms with E-state index in [1.54, 1.807) is 0 Å². The Balaban J connectivity index is 3.23. The molecule has 2 nitrogen and oxygen atoms in total. The minimum atomic E-state index is 0.0509. The Kier molecular flexibility index (Phi) is 3.91. The van der Waals surface area contributed by atoms with Gasteiger partial charge in [-0.1, -0.05) is 5.92 Å². The van der Waals surface area contributed by atoms with Crippen LogP contribution in [0.4, 0.5) is 0 Å². The SMILES string of the molecule is C#CCC(=O)CCN. The van der Waals surface area contributed by atoms with E-state index in [0.29, 0.717) is 13.0 Å². The molecule has 8 heavy (non-hydrogen) atoms. The van der Waals surface area contributed by atoms with Gasteiger partial charge in [-0.05, 0) is 6.54 Å². The summed E-state index contributed by atoms with van der Waals surface area (Å²) in [5.41, 5.74) is 5.07. The van der Waals surface area contributed by atoms with Gasteiger partial charge in [-0.15, -0.1) is 6.42 Å². The number of rotatable bonds is 3. The van der Waals surface area contributed by atoms with Crippen LogP contribution in [0, 0.1) is 12.3 Å². The molecule has 2 heteroatoms. The number of Topliss-reactive ketones (excluding diaryl/α,β-unsaturated/α-hetero) is 1. The number of terminal acetylenes is 1. The van der Waals surface area contributed by atoms with Crippen molar-refractivity contribution in [3.63, 3.8) is 0 Å². The molecule has 0 aliphatic rings. The summed E-state index contributed by atoms with van der Waals surface area (Å²) in [5, 5.41) is 0. The van der Waals surface area contributed by atoms with Crippen LogP contribution >= 0.6 is 0 Å². The lowest BCUT2D eigenvalue weighted by atomic mass is 10.2. The van der Waals surface area contributed by atoms with Gasteiger partial charge in [-0.25, -0.2) is 0 Å². The van der Waals surface area contributed by atoms with E-state index in [1.165, 1.54) is 0 Å². The summed E-state index contributed by atoms with van der Waals surface area (Å²) in [5.74, 6) is 2.30. The van der Waals surface area contributed by atoms with Crippen molar-refractivity contribution in [2.45, 2.75) is 12.8 Å². The van der Waals surface area contributed by atoms with Gasteiger partial charge < -0.3 is 5.73 Å². The number of ketones is 1. The molecule has 0 aromatic rings. The van der Waals surface area contributed by atoms with E-state index < -0.39 is 0 Å². The first kappa shape index (κ1) is 7.19. The van der Waals surface area contributed by atoms with Crippen LogP contribution < -0.4 is 5.73 Å². The summed E-state index contributed by atoms with van der Waals surface area (Å²) in [6.45, 7) is 0.403. The van der Waals surface area contributed by atoms with Gasteiger partial charge in [0.1, 0.15) is 5.78 Å². The zero-order valence-electron chi connectivity index (χ0n) is 4.68. The maximum atomic E-state index is 10.4. The lowest BCUT2D eigenvalue weighted by molar-refractivity contribution is -0.117. The molecule has 0 aliphatic heterocycles. The monoisotopic (exact) mass is 111 g/mol. The minimum Gasteiger partial charge on any atom is -0.330 e. The number of hydrogen-bond acceptors (Lipinski definition) is 2. The lowest BCUT2D eigenvalue weighted by Crippen LogP contribution is -2.06. The summed E-state index contributed by atoms with van der Waals surface area (Å²) in [6.07, 6.45) is 5.47. The van der Waals surface area contributed by atoms with Crippen molar-refractivity contribution in [3.8, 4) is 12.3 Å². The zero-order chi connectivity index (χ0) is 6.41. The largest absolute Gasteiger partial charge is 0.330 e. The maximum Gasteiger partial charge on any atom is 0.146 e. The van der Waals surface area contributed by atoms with Gasteiger partial charge in [-0.3, -0.25) is 4.79 Å². The highest BCUT2D eigenvalue weighted by Crippen LogP contribution is 1.83. The van der Waals surface area contributed by atoms with E-state index in [0.717, 1.165) is 0 Å².